The Morgan fingerprint density at radius 3 is 2.56 bits per heavy atom. The Labute approximate surface area is 188 Å². The van der Waals surface area contributed by atoms with E-state index in [9.17, 15) is 10.1 Å². The normalized spacial score (nSPS) is 25.2. The maximum atomic E-state index is 13.5. The highest BCUT2D eigenvalue weighted by atomic mass is 16.2. The summed E-state index contributed by atoms with van der Waals surface area (Å²) >= 11 is 0. The summed E-state index contributed by atoms with van der Waals surface area (Å²) in [7, 11) is 1.69. The van der Waals surface area contributed by atoms with Crippen LogP contribution in [-0.2, 0) is 4.79 Å². The number of benzene rings is 2. The van der Waals surface area contributed by atoms with Gasteiger partial charge in [0.1, 0.15) is 0 Å². The fourth-order valence-corrected chi connectivity index (χ4v) is 4.87. The minimum atomic E-state index is -0.778. The van der Waals surface area contributed by atoms with Crippen molar-refractivity contribution in [3.8, 4) is 6.07 Å². The SMILES string of the molecule is CN1C(=O)[C@H](c2ccc(C3CC3)cc2)[C@@](C)(C2=CC(c3cccc(C#N)c3)=CC2)N=C1N. The summed E-state index contributed by atoms with van der Waals surface area (Å²) in [5.74, 6) is 0.420. The smallest absolute Gasteiger partial charge is 0.239 e. The monoisotopic (exact) mass is 422 g/mol. The van der Waals surface area contributed by atoms with Gasteiger partial charge in [-0.25, -0.2) is 4.99 Å². The lowest BCUT2D eigenvalue weighted by atomic mass is 9.73. The van der Waals surface area contributed by atoms with E-state index in [0.29, 0.717) is 17.9 Å². The number of allylic oxidation sites excluding steroid dienone is 3. The van der Waals surface area contributed by atoms with Crippen LogP contribution >= 0.6 is 0 Å². The van der Waals surface area contributed by atoms with Gasteiger partial charge in [-0.05, 0) is 72.1 Å². The quantitative estimate of drug-likeness (QED) is 0.789. The number of carbonyl (C=O) groups excluding carboxylic acids is 1. The van der Waals surface area contributed by atoms with Crippen LogP contribution in [0.25, 0.3) is 5.57 Å². The lowest BCUT2D eigenvalue weighted by Gasteiger charge is -2.41. The van der Waals surface area contributed by atoms with Crippen LogP contribution in [0.2, 0.25) is 0 Å². The van der Waals surface area contributed by atoms with Gasteiger partial charge in [0, 0.05) is 7.05 Å². The number of carbonyl (C=O) groups is 1. The molecule has 2 N–H and O–H groups in total. The number of nitrogens with zero attached hydrogens (tertiary/aromatic N) is 3. The van der Waals surface area contributed by atoms with Gasteiger partial charge >= 0.3 is 0 Å². The first-order chi connectivity index (χ1) is 15.4. The van der Waals surface area contributed by atoms with Crippen molar-refractivity contribution >= 4 is 17.4 Å². The van der Waals surface area contributed by atoms with Gasteiger partial charge in [-0.2, -0.15) is 5.26 Å². The molecular formula is C27H26N4O. The second-order valence-corrected chi connectivity index (χ2v) is 9.11. The topological polar surface area (TPSA) is 82.5 Å². The van der Waals surface area contributed by atoms with E-state index in [1.807, 2.05) is 25.1 Å². The van der Waals surface area contributed by atoms with Crippen molar-refractivity contribution < 1.29 is 4.79 Å². The highest BCUT2D eigenvalue weighted by Crippen LogP contribution is 2.46. The number of hydrogen-bond donors (Lipinski definition) is 1. The molecule has 0 radical (unpaired) electrons. The second kappa shape index (κ2) is 7.49. The maximum Gasteiger partial charge on any atom is 0.239 e. The van der Waals surface area contributed by atoms with E-state index in [4.69, 9.17) is 10.7 Å². The lowest BCUT2D eigenvalue weighted by molar-refractivity contribution is -0.130. The van der Waals surface area contributed by atoms with Crippen LogP contribution in [0.3, 0.4) is 0 Å². The fraction of sp³-hybridized carbons (Fsp3) is 0.296. The van der Waals surface area contributed by atoms with Crippen molar-refractivity contribution in [3.63, 3.8) is 0 Å². The first-order valence-corrected chi connectivity index (χ1v) is 11.0. The van der Waals surface area contributed by atoms with Crippen LogP contribution in [0.4, 0.5) is 0 Å². The zero-order chi connectivity index (χ0) is 22.5. The van der Waals surface area contributed by atoms with Gasteiger partial charge in [0.15, 0.2) is 5.96 Å². The molecule has 3 aliphatic rings. The molecular weight excluding hydrogens is 396 g/mol. The first-order valence-electron chi connectivity index (χ1n) is 11.0. The van der Waals surface area contributed by atoms with Crippen LogP contribution < -0.4 is 5.73 Å². The van der Waals surface area contributed by atoms with Crippen LogP contribution in [0.15, 0.2) is 71.2 Å². The number of rotatable bonds is 4. The predicted molar refractivity (Wildman–Crippen MR) is 126 cm³/mol. The van der Waals surface area contributed by atoms with E-state index in [1.165, 1.54) is 23.3 Å². The summed E-state index contributed by atoms with van der Waals surface area (Å²) in [6.07, 6.45) is 7.43. The van der Waals surface area contributed by atoms with Gasteiger partial charge in [0.05, 0.1) is 23.1 Å². The number of hydrogen-bond acceptors (Lipinski definition) is 4. The average Bonchev–Trinajstić information content (AvgIpc) is 3.53. The molecule has 0 spiro atoms. The lowest BCUT2D eigenvalue weighted by Crippen LogP contribution is -2.54. The number of likely N-dealkylation sites (N-methyl/N-ethyl adjacent to an activating group) is 1. The second-order valence-electron chi connectivity index (χ2n) is 9.11. The molecule has 0 saturated heterocycles. The molecule has 5 nitrogen and oxygen atoms in total. The molecule has 0 unspecified atom stereocenters. The van der Waals surface area contributed by atoms with Crippen molar-refractivity contribution in [2.24, 2.45) is 10.7 Å². The van der Waals surface area contributed by atoms with Gasteiger partial charge in [-0.3, -0.25) is 9.69 Å². The van der Waals surface area contributed by atoms with Gasteiger partial charge in [0.2, 0.25) is 5.91 Å². The molecule has 1 amide bonds. The Bertz CT molecular complexity index is 1230. The summed E-state index contributed by atoms with van der Waals surface area (Å²) in [6, 6.07) is 18.3. The van der Waals surface area contributed by atoms with Gasteiger partial charge in [0.25, 0.3) is 0 Å². The summed E-state index contributed by atoms with van der Waals surface area (Å²) in [5, 5.41) is 9.24. The molecule has 1 heterocycles. The third kappa shape index (κ3) is 3.33. The molecule has 2 aromatic rings. The Morgan fingerprint density at radius 1 is 1.16 bits per heavy atom. The molecule has 2 aromatic carbocycles. The zero-order valence-electron chi connectivity index (χ0n) is 18.4. The standard InChI is InChI=1S/C27H26N4O/c1-27(23-13-12-22(15-23)21-5-3-4-17(14-21)16-28)24(25(32)31(2)26(29)30-27)20-10-8-19(9-11-20)18-6-7-18/h3-5,8-12,14-15,18,24H,6-7,13H2,1-2H3,(H2,29,30)/t24-,27+/m0/s1. The molecule has 2 atom stereocenters. The van der Waals surface area contributed by atoms with E-state index in [2.05, 4.69) is 42.5 Å². The molecule has 0 aromatic heterocycles. The molecule has 32 heavy (non-hydrogen) atoms. The summed E-state index contributed by atoms with van der Waals surface area (Å²) < 4.78 is 0. The van der Waals surface area contributed by atoms with E-state index >= 15 is 0 Å². The average molecular weight is 423 g/mol. The number of aliphatic imine (C=N–C) groups is 1. The predicted octanol–water partition coefficient (Wildman–Crippen LogP) is 4.48. The van der Waals surface area contributed by atoms with Crippen LogP contribution in [-0.4, -0.2) is 29.4 Å². The van der Waals surface area contributed by atoms with Crippen LogP contribution in [0, 0.1) is 11.3 Å². The molecule has 1 saturated carbocycles. The van der Waals surface area contributed by atoms with Gasteiger partial charge < -0.3 is 5.73 Å². The van der Waals surface area contributed by atoms with E-state index in [1.54, 1.807) is 13.1 Å². The number of guanidine groups is 1. The fourth-order valence-electron chi connectivity index (χ4n) is 4.87. The van der Waals surface area contributed by atoms with Crippen LogP contribution in [0.5, 0.6) is 0 Å². The first kappa shape index (κ1) is 20.3. The van der Waals surface area contributed by atoms with Gasteiger partial charge in [-0.15, -0.1) is 0 Å². The van der Waals surface area contributed by atoms with Crippen molar-refractivity contribution in [1.29, 1.82) is 5.26 Å². The third-order valence-corrected chi connectivity index (χ3v) is 7.00. The van der Waals surface area contributed by atoms with E-state index in [0.717, 1.165) is 22.3 Å². The van der Waals surface area contributed by atoms with Crippen molar-refractivity contribution in [3.05, 3.63) is 88.5 Å². The van der Waals surface area contributed by atoms with E-state index in [-0.39, 0.29) is 11.9 Å². The Balaban J connectivity index is 1.55. The number of amides is 1. The highest BCUT2D eigenvalue weighted by Gasteiger charge is 2.48. The summed E-state index contributed by atoms with van der Waals surface area (Å²) in [6.45, 7) is 2.01. The molecule has 1 fully saturated rings. The molecule has 160 valence electrons. The highest BCUT2D eigenvalue weighted by molar-refractivity contribution is 6.03. The van der Waals surface area contributed by atoms with E-state index < -0.39 is 11.5 Å². The zero-order valence-corrected chi connectivity index (χ0v) is 18.4. The molecule has 0 bridgehead atoms. The summed E-state index contributed by atoms with van der Waals surface area (Å²) in [4.78, 5) is 19.8. The minimum Gasteiger partial charge on any atom is -0.369 e. The molecule has 1 aliphatic heterocycles. The Hall–Kier alpha value is -3.65. The van der Waals surface area contributed by atoms with Crippen molar-refractivity contribution in [2.75, 3.05) is 7.05 Å². The number of nitrogens with two attached hydrogens (primary N) is 1. The maximum absolute atomic E-state index is 13.5. The van der Waals surface area contributed by atoms with Crippen molar-refractivity contribution in [1.82, 2.24) is 4.90 Å². The summed E-state index contributed by atoms with van der Waals surface area (Å²) in [5.41, 5.74) is 11.4. The molecule has 2 aliphatic carbocycles. The van der Waals surface area contributed by atoms with Crippen molar-refractivity contribution in [2.45, 2.75) is 43.6 Å². The van der Waals surface area contributed by atoms with Crippen LogP contribution in [0.1, 0.15) is 60.3 Å². The molecule has 5 rings (SSSR count). The Morgan fingerprint density at radius 2 is 1.88 bits per heavy atom. The Kier molecular flexibility index (Phi) is 4.74. The molecule has 5 heteroatoms. The van der Waals surface area contributed by atoms with Gasteiger partial charge in [-0.1, -0.05) is 48.6 Å². The third-order valence-electron chi connectivity index (χ3n) is 7.00. The largest absolute Gasteiger partial charge is 0.369 e. The minimum absolute atomic E-state index is 0.0417. The number of nitriles is 1.